The van der Waals surface area contributed by atoms with Gasteiger partial charge in [0.1, 0.15) is 6.04 Å². The molecule has 0 bridgehead atoms. The van der Waals surface area contributed by atoms with Gasteiger partial charge in [-0.2, -0.15) is 18.2 Å². The van der Waals surface area contributed by atoms with Gasteiger partial charge in [-0.25, -0.2) is 4.68 Å². The predicted molar refractivity (Wildman–Crippen MR) is 82.1 cm³/mol. The zero-order valence-electron chi connectivity index (χ0n) is 12.7. The Balaban J connectivity index is 1.91. The fourth-order valence-corrected chi connectivity index (χ4v) is 2.61. The largest absolute Gasteiger partial charge is 0.453 e. The lowest BCUT2D eigenvalue weighted by molar-refractivity contribution is -0.145. The summed E-state index contributed by atoms with van der Waals surface area (Å²) in [6, 6.07) is 3.61. The van der Waals surface area contributed by atoms with Crippen molar-refractivity contribution in [2.75, 3.05) is 10.6 Å². The Morgan fingerprint density at radius 2 is 2.16 bits per heavy atom. The van der Waals surface area contributed by atoms with Crippen molar-refractivity contribution in [2.24, 2.45) is 0 Å². The van der Waals surface area contributed by atoms with E-state index in [1.807, 2.05) is 6.92 Å². The third-order valence-corrected chi connectivity index (χ3v) is 3.81. The first-order valence-electron chi connectivity index (χ1n) is 7.06. The predicted octanol–water partition coefficient (Wildman–Crippen LogP) is 2.78. The number of amides is 2. The molecular formula is C14H11ClF3N5O2. The molecule has 3 rings (SSSR count). The molecule has 25 heavy (non-hydrogen) atoms. The second-order valence-corrected chi connectivity index (χ2v) is 5.85. The van der Waals surface area contributed by atoms with Crippen LogP contribution in [0.2, 0.25) is 5.02 Å². The SMILES string of the molecule is Cc1ccc(NC(=O)C2CC(=O)Nc3nc(C(F)(F)F)nn32)c(Cl)c1. The summed E-state index contributed by atoms with van der Waals surface area (Å²) in [4.78, 5) is 27.4. The van der Waals surface area contributed by atoms with Gasteiger partial charge in [-0.1, -0.05) is 17.7 Å². The van der Waals surface area contributed by atoms with E-state index >= 15 is 0 Å². The zero-order valence-corrected chi connectivity index (χ0v) is 13.4. The average Bonchev–Trinajstić information content (AvgIpc) is 2.93. The Kier molecular flexibility index (Phi) is 4.15. The van der Waals surface area contributed by atoms with Crippen molar-refractivity contribution in [3.63, 3.8) is 0 Å². The lowest BCUT2D eigenvalue weighted by Gasteiger charge is -2.22. The number of anilines is 2. The monoisotopic (exact) mass is 373 g/mol. The van der Waals surface area contributed by atoms with E-state index in [1.165, 1.54) is 0 Å². The van der Waals surface area contributed by atoms with Crippen LogP contribution in [-0.4, -0.2) is 26.6 Å². The van der Waals surface area contributed by atoms with Crippen molar-refractivity contribution in [3.05, 3.63) is 34.6 Å². The van der Waals surface area contributed by atoms with Gasteiger partial charge in [-0.3, -0.25) is 14.9 Å². The van der Waals surface area contributed by atoms with E-state index in [9.17, 15) is 22.8 Å². The molecule has 0 fully saturated rings. The number of rotatable bonds is 2. The summed E-state index contributed by atoms with van der Waals surface area (Å²) in [5.41, 5.74) is 1.15. The topological polar surface area (TPSA) is 88.9 Å². The van der Waals surface area contributed by atoms with Gasteiger partial charge in [-0.15, -0.1) is 5.10 Å². The molecule has 1 aliphatic heterocycles. The lowest BCUT2D eigenvalue weighted by atomic mass is 10.1. The number of halogens is 4. The first kappa shape index (κ1) is 17.2. The Labute approximate surface area is 144 Å². The molecule has 0 radical (unpaired) electrons. The molecule has 1 aliphatic rings. The van der Waals surface area contributed by atoms with Crippen LogP contribution < -0.4 is 10.6 Å². The van der Waals surface area contributed by atoms with Gasteiger partial charge in [0.2, 0.25) is 17.8 Å². The quantitative estimate of drug-likeness (QED) is 0.847. The first-order chi connectivity index (χ1) is 11.6. The smallest absolute Gasteiger partial charge is 0.323 e. The fourth-order valence-electron chi connectivity index (χ4n) is 2.33. The highest BCUT2D eigenvalue weighted by atomic mass is 35.5. The number of aryl methyl sites for hydroxylation is 1. The Hall–Kier alpha value is -2.62. The van der Waals surface area contributed by atoms with Crippen molar-refractivity contribution in [1.82, 2.24) is 14.8 Å². The van der Waals surface area contributed by atoms with Crippen LogP contribution in [0.4, 0.5) is 24.8 Å². The van der Waals surface area contributed by atoms with Crippen molar-refractivity contribution in [2.45, 2.75) is 25.6 Å². The number of hydrogen-bond donors (Lipinski definition) is 2. The molecular weight excluding hydrogens is 363 g/mol. The van der Waals surface area contributed by atoms with Gasteiger partial charge in [0.15, 0.2) is 0 Å². The van der Waals surface area contributed by atoms with E-state index in [-0.39, 0.29) is 17.1 Å². The number of carbonyl (C=O) groups excluding carboxylic acids is 2. The average molecular weight is 374 g/mol. The molecule has 0 aliphatic carbocycles. The maximum absolute atomic E-state index is 12.8. The van der Waals surface area contributed by atoms with Crippen molar-refractivity contribution < 1.29 is 22.8 Å². The Morgan fingerprint density at radius 1 is 1.44 bits per heavy atom. The summed E-state index contributed by atoms with van der Waals surface area (Å²) < 4.78 is 39.1. The minimum Gasteiger partial charge on any atom is -0.323 e. The number of nitrogens with zero attached hydrogens (tertiary/aromatic N) is 3. The number of fused-ring (bicyclic) bond motifs is 1. The van der Waals surface area contributed by atoms with Gasteiger partial charge in [-0.05, 0) is 24.6 Å². The molecule has 11 heteroatoms. The molecule has 132 valence electrons. The normalized spacial score (nSPS) is 17.0. The van der Waals surface area contributed by atoms with Crippen molar-refractivity contribution in [1.29, 1.82) is 0 Å². The highest BCUT2D eigenvalue weighted by Crippen LogP contribution is 2.32. The molecule has 2 aromatic rings. The highest BCUT2D eigenvalue weighted by molar-refractivity contribution is 6.33. The summed E-state index contributed by atoms with van der Waals surface area (Å²) in [6.07, 6.45) is -5.17. The van der Waals surface area contributed by atoms with E-state index in [1.54, 1.807) is 18.2 Å². The van der Waals surface area contributed by atoms with E-state index < -0.39 is 35.8 Å². The number of hydrogen-bond acceptors (Lipinski definition) is 4. The molecule has 0 spiro atoms. The second-order valence-electron chi connectivity index (χ2n) is 5.44. The second kappa shape index (κ2) is 6.03. The number of aromatic nitrogens is 3. The van der Waals surface area contributed by atoms with Crippen LogP contribution in [0, 0.1) is 6.92 Å². The van der Waals surface area contributed by atoms with Crippen LogP contribution in [0.25, 0.3) is 0 Å². The number of benzene rings is 1. The van der Waals surface area contributed by atoms with Gasteiger partial charge in [0, 0.05) is 0 Å². The summed E-state index contributed by atoms with van der Waals surface area (Å²) in [5, 5.41) is 8.24. The van der Waals surface area contributed by atoms with Crippen molar-refractivity contribution >= 4 is 35.1 Å². The standard InChI is InChI=1S/C14H11ClF3N5O2/c1-6-2-3-8(7(15)4-6)19-11(25)9-5-10(24)20-13-21-12(14(16,17)18)22-23(9)13/h2-4,9H,5H2,1H3,(H,19,25)(H,20,21,22,24). The molecule has 1 aromatic heterocycles. The van der Waals surface area contributed by atoms with Gasteiger partial charge in [0.05, 0.1) is 17.1 Å². The molecule has 1 atom stereocenters. The van der Waals surface area contributed by atoms with Crippen molar-refractivity contribution in [3.8, 4) is 0 Å². The third kappa shape index (κ3) is 3.43. The highest BCUT2D eigenvalue weighted by Gasteiger charge is 2.41. The van der Waals surface area contributed by atoms with E-state index in [4.69, 9.17) is 11.6 Å². The maximum Gasteiger partial charge on any atom is 0.453 e. The molecule has 7 nitrogen and oxygen atoms in total. The molecule has 1 aromatic carbocycles. The minimum atomic E-state index is -4.80. The van der Waals surface area contributed by atoms with Crippen LogP contribution in [0.3, 0.4) is 0 Å². The summed E-state index contributed by atoms with van der Waals surface area (Å²) in [7, 11) is 0. The van der Waals surface area contributed by atoms with Gasteiger partial charge < -0.3 is 5.32 Å². The summed E-state index contributed by atoms with van der Waals surface area (Å²) >= 11 is 6.03. The molecule has 2 N–H and O–H groups in total. The van der Waals surface area contributed by atoms with E-state index in [0.29, 0.717) is 0 Å². The van der Waals surface area contributed by atoms with Gasteiger partial charge in [0.25, 0.3) is 5.82 Å². The van der Waals surface area contributed by atoms with Crippen LogP contribution in [-0.2, 0) is 15.8 Å². The Morgan fingerprint density at radius 3 is 2.80 bits per heavy atom. The van der Waals surface area contributed by atoms with Crippen LogP contribution in [0.15, 0.2) is 18.2 Å². The van der Waals surface area contributed by atoms with E-state index in [2.05, 4.69) is 20.7 Å². The number of carbonyl (C=O) groups is 2. The Bertz CT molecular complexity index is 865. The molecule has 0 saturated carbocycles. The zero-order chi connectivity index (χ0) is 18.4. The summed E-state index contributed by atoms with van der Waals surface area (Å²) in [5.74, 6) is -3.22. The third-order valence-electron chi connectivity index (χ3n) is 3.50. The first-order valence-corrected chi connectivity index (χ1v) is 7.43. The number of nitrogens with one attached hydrogen (secondary N) is 2. The fraction of sp³-hybridized carbons (Fsp3) is 0.286. The molecule has 2 heterocycles. The summed E-state index contributed by atoms with van der Waals surface area (Å²) in [6.45, 7) is 1.81. The number of alkyl halides is 3. The molecule has 0 saturated heterocycles. The molecule has 1 unspecified atom stereocenters. The van der Waals surface area contributed by atoms with Crippen LogP contribution in [0.1, 0.15) is 23.9 Å². The van der Waals surface area contributed by atoms with Crippen LogP contribution in [0.5, 0.6) is 0 Å². The minimum absolute atomic E-state index is 0.267. The van der Waals surface area contributed by atoms with Gasteiger partial charge >= 0.3 is 6.18 Å². The lowest BCUT2D eigenvalue weighted by Crippen LogP contribution is -2.36. The maximum atomic E-state index is 12.8. The van der Waals surface area contributed by atoms with Crippen LogP contribution >= 0.6 is 11.6 Å². The van der Waals surface area contributed by atoms with E-state index in [0.717, 1.165) is 10.2 Å². The molecule has 2 amide bonds.